The lowest BCUT2D eigenvalue weighted by Gasteiger charge is -2.38. The maximum absolute atomic E-state index is 12.5. The van der Waals surface area contributed by atoms with Crippen LogP contribution in [0.5, 0.6) is 0 Å². The van der Waals surface area contributed by atoms with E-state index in [1.165, 1.54) is 0 Å². The minimum absolute atomic E-state index is 0. The third-order valence-electron chi connectivity index (χ3n) is 4.49. The van der Waals surface area contributed by atoms with Crippen molar-refractivity contribution < 1.29 is 4.79 Å². The Kier molecular flexibility index (Phi) is 7.29. The summed E-state index contributed by atoms with van der Waals surface area (Å²) in [5.74, 6) is 0.973. The van der Waals surface area contributed by atoms with E-state index in [4.69, 9.17) is 0 Å². The molecule has 0 saturated carbocycles. The Morgan fingerprint density at radius 3 is 2.61 bits per heavy atom. The van der Waals surface area contributed by atoms with Crippen LogP contribution in [0.4, 0.5) is 11.5 Å². The SMILES string of the molecule is CCN(CC)c1ccc(NC(=O)C2NCCCC2(C)C)cn1.Cl. The average Bonchev–Trinajstić information content (AvgIpc) is 2.49. The molecule has 130 valence electrons. The van der Waals surface area contributed by atoms with Gasteiger partial charge in [-0.15, -0.1) is 12.4 Å². The molecule has 1 amide bonds. The van der Waals surface area contributed by atoms with Crippen molar-refractivity contribution in [2.45, 2.75) is 46.6 Å². The predicted molar refractivity (Wildman–Crippen MR) is 98.5 cm³/mol. The van der Waals surface area contributed by atoms with Crippen molar-refractivity contribution in [3.8, 4) is 0 Å². The van der Waals surface area contributed by atoms with Crippen LogP contribution in [0.1, 0.15) is 40.5 Å². The molecule has 1 aliphatic rings. The summed E-state index contributed by atoms with van der Waals surface area (Å²) in [5.41, 5.74) is 0.737. The molecule has 6 heteroatoms. The van der Waals surface area contributed by atoms with Gasteiger partial charge in [0.15, 0.2) is 0 Å². The van der Waals surface area contributed by atoms with Crippen molar-refractivity contribution in [2.75, 3.05) is 29.9 Å². The van der Waals surface area contributed by atoms with Crippen LogP contribution in [-0.2, 0) is 4.79 Å². The topological polar surface area (TPSA) is 57.3 Å². The number of hydrogen-bond acceptors (Lipinski definition) is 4. The van der Waals surface area contributed by atoms with Gasteiger partial charge in [0.05, 0.1) is 17.9 Å². The second-order valence-corrected chi connectivity index (χ2v) is 6.55. The zero-order valence-corrected chi connectivity index (χ0v) is 15.4. The molecule has 0 aromatic carbocycles. The Morgan fingerprint density at radius 1 is 1.39 bits per heavy atom. The van der Waals surface area contributed by atoms with Gasteiger partial charge in [0.2, 0.25) is 5.91 Å². The average molecular weight is 341 g/mol. The largest absolute Gasteiger partial charge is 0.357 e. The minimum Gasteiger partial charge on any atom is -0.357 e. The smallest absolute Gasteiger partial charge is 0.242 e. The molecule has 2 heterocycles. The molecule has 5 nitrogen and oxygen atoms in total. The minimum atomic E-state index is -0.149. The number of amides is 1. The molecule has 2 N–H and O–H groups in total. The summed E-state index contributed by atoms with van der Waals surface area (Å²) < 4.78 is 0. The summed E-state index contributed by atoms with van der Waals surface area (Å²) in [4.78, 5) is 19.1. The first-order chi connectivity index (χ1) is 10.5. The molecule has 0 aliphatic carbocycles. The van der Waals surface area contributed by atoms with E-state index >= 15 is 0 Å². The van der Waals surface area contributed by atoms with Crippen LogP contribution in [0.25, 0.3) is 0 Å². The van der Waals surface area contributed by atoms with Crippen molar-refractivity contribution in [1.29, 1.82) is 0 Å². The fraction of sp³-hybridized carbons (Fsp3) is 0.647. The highest BCUT2D eigenvalue weighted by atomic mass is 35.5. The number of nitrogens with one attached hydrogen (secondary N) is 2. The molecule has 1 atom stereocenters. The Morgan fingerprint density at radius 2 is 2.09 bits per heavy atom. The maximum Gasteiger partial charge on any atom is 0.242 e. The normalized spacial score (nSPS) is 19.6. The molecule has 1 fully saturated rings. The van der Waals surface area contributed by atoms with Crippen molar-refractivity contribution in [1.82, 2.24) is 10.3 Å². The summed E-state index contributed by atoms with van der Waals surface area (Å²) >= 11 is 0. The Balaban J connectivity index is 0.00000264. The highest BCUT2D eigenvalue weighted by molar-refractivity contribution is 5.95. The number of carbonyl (C=O) groups excluding carboxylic acids is 1. The number of carbonyl (C=O) groups is 1. The molecule has 23 heavy (non-hydrogen) atoms. The summed E-state index contributed by atoms with van der Waals surface area (Å²) in [7, 11) is 0. The van der Waals surface area contributed by atoms with Crippen LogP contribution in [0, 0.1) is 5.41 Å². The molecular weight excluding hydrogens is 312 g/mol. The van der Waals surface area contributed by atoms with Gasteiger partial charge in [0.25, 0.3) is 0 Å². The second-order valence-electron chi connectivity index (χ2n) is 6.55. The van der Waals surface area contributed by atoms with Crippen molar-refractivity contribution in [3.63, 3.8) is 0 Å². The molecule has 0 radical (unpaired) electrons. The molecule has 2 rings (SSSR count). The van der Waals surface area contributed by atoms with E-state index in [1.807, 2.05) is 12.1 Å². The number of piperidine rings is 1. The van der Waals surface area contributed by atoms with Gasteiger partial charge in [-0.1, -0.05) is 13.8 Å². The molecule has 0 spiro atoms. The summed E-state index contributed by atoms with van der Waals surface area (Å²) in [5, 5.41) is 6.32. The summed E-state index contributed by atoms with van der Waals surface area (Å²) in [6, 6.07) is 3.74. The first-order valence-electron chi connectivity index (χ1n) is 8.23. The lowest BCUT2D eigenvalue weighted by atomic mass is 9.77. The Hall–Kier alpha value is -1.33. The van der Waals surface area contributed by atoms with Crippen molar-refractivity contribution in [3.05, 3.63) is 18.3 Å². The van der Waals surface area contributed by atoms with Gasteiger partial charge in [-0.25, -0.2) is 4.98 Å². The van der Waals surface area contributed by atoms with Crippen LogP contribution in [0.3, 0.4) is 0 Å². The van der Waals surface area contributed by atoms with Gasteiger partial charge in [0.1, 0.15) is 5.82 Å². The lowest BCUT2D eigenvalue weighted by molar-refractivity contribution is -0.121. The van der Waals surface area contributed by atoms with E-state index in [-0.39, 0.29) is 29.8 Å². The lowest BCUT2D eigenvalue weighted by Crippen LogP contribution is -2.53. The number of halogens is 1. The predicted octanol–water partition coefficient (Wildman–Crippen LogP) is 3.07. The van der Waals surface area contributed by atoms with E-state index in [9.17, 15) is 4.79 Å². The Labute approximate surface area is 145 Å². The molecule has 0 bridgehead atoms. The zero-order valence-electron chi connectivity index (χ0n) is 14.6. The van der Waals surface area contributed by atoms with Gasteiger partial charge in [-0.2, -0.15) is 0 Å². The number of hydrogen-bond donors (Lipinski definition) is 2. The monoisotopic (exact) mass is 340 g/mol. The third kappa shape index (κ3) is 4.82. The maximum atomic E-state index is 12.5. The first kappa shape index (κ1) is 19.7. The number of rotatable bonds is 5. The Bertz CT molecular complexity index is 500. The van der Waals surface area contributed by atoms with E-state index in [1.54, 1.807) is 6.20 Å². The fourth-order valence-corrected chi connectivity index (χ4v) is 3.07. The van der Waals surface area contributed by atoms with Crippen LogP contribution >= 0.6 is 12.4 Å². The molecule has 1 aromatic rings. The molecule has 1 unspecified atom stereocenters. The van der Waals surface area contributed by atoms with Gasteiger partial charge in [0, 0.05) is 13.1 Å². The van der Waals surface area contributed by atoms with E-state index in [0.29, 0.717) is 0 Å². The number of anilines is 2. The highest BCUT2D eigenvalue weighted by Gasteiger charge is 2.37. The fourth-order valence-electron chi connectivity index (χ4n) is 3.07. The van der Waals surface area contributed by atoms with Crippen LogP contribution in [-0.4, -0.2) is 36.6 Å². The second kappa shape index (κ2) is 8.50. The van der Waals surface area contributed by atoms with E-state index in [0.717, 1.165) is 44.0 Å². The molecule has 1 aliphatic heterocycles. The van der Waals surface area contributed by atoms with Crippen LogP contribution in [0.2, 0.25) is 0 Å². The third-order valence-corrected chi connectivity index (χ3v) is 4.49. The number of pyridine rings is 1. The van der Waals surface area contributed by atoms with Crippen LogP contribution < -0.4 is 15.5 Å². The molecular formula is C17H29ClN4O. The quantitative estimate of drug-likeness (QED) is 0.865. The van der Waals surface area contributed by atoms with E-state index < -0.39 is 0 Å². The highest BCUT2D eigenvalue weighted by Crippen LogP contribution is 2.30. The first-order valence-corrected chi connectivity index (χ1v) is 8.23. The standard InChI is InChI=1S/C17H28N4O.ClH/c1-5-21(6-2)14-9-8-13(12-19-14)20-16(22)15-17(3,4)10-7-11-18-15;/h8-9,12,15,18H,5-7,10-11H2,1-4H3,(H,20,22);1H. The summed E-state index contributed by atoms with van der Waals surface area (Å²) in [6.45, 7) is 11.3. The van der Waals surface area contributed by atoms with Gasteiger partial charge >= 0.3 is 0 Å². The number of aromatic nitrogens is 1. The molecule has 1 aromatic heterocycles. The van der Waals surface area contributed by atoms with Gasteiger partial charge < -0.3 is 15.5 Å². The zero-order chi connectivity index (χ0) is 16.2. The number of nitrogens with zero attached hydrogens (tertiary/aromatic N) is 2. The van der Waals surface area contributed by atoms with Gasteiger partial charge in [-0.3, -0.25) is 4.79 Å². The van der Waals surface area contributed by atoms with E-state index in [2.05, 4.69) is 48.2 Å². The van der Waals surface area contributed by atoms with Crippen LogP contribution in [0.15, 0.2) is 18.3 Å². The summed E-state index contributed by atoms with van der Waals surface area (Å²) in [6.07, 6.45) is 3.93. The van der Waals surface area contributed by atoms with Crippen molar-refractivity contribution in [2.24, 2.45) is 5.41 Å². The molecule has 1 saturated heterocycles. The van der Waals surface area contributed by atoms with Crippen molar-refractivity contribution >= 4 is 29.8 Å². The van der Waals surface area contributed by atoms with Gasteiger partial charge in [-0.05, 0) is 50.8 Å².